The Morgan fingerprint density at radius 1 is 1.20 bits per heavy atom. The number of hydrogen-bond acceptors (Lipinski definition) is 4. The van der Waals surface area contributed by atoms with Gasteiger partial charge in [0, 0.05) is 8.59 Å². The third kappa shape index (κ3) is 4.68. The molecule has 2 aromatic rings. The lowest BCUT2D eigenvalue weighted by Crippen LogP contribution is -2.33. The average Bonchev–Trinajstić information content (AvgIpc) is 2.84. The smallest absolute Gasteiger partial charge is 0.267 e. The number of carbonyl (C=O) groups is 1. The van der Waals surface area contributed by atoms with E-state index in [2.05, 4.69) is 27.9 Å². The molecule has 1 aliphatic heterocycles. The summed E-state index contributed by atoms with van der Waals surface area (Å²) in [6.45, 7) is 0.231. The second-order valence-corrected chi connectivity index (χ2v) is 8.89. The lowest BCUT2D eigenvalue weighted by atomic mass is 10.2. The molecule has 0 atom stereocenters. The Labute approximate surface area is 178 Å². The summed E-state index contributed by atoms with van der Waals surface area (Å²) in [5.41, 5.74) is 1.62. The minimum absolute atomic E-state index is 0.126. The van der Waals surface area contributed by atoms with Gasteiger partial charge in [-0.25, -0.2) is 0 Å². The molecule has 3 nitrogen and oxygen atoms in total. The highest BCUT2D eigenvalue weighted by Crippen LogP contribution is 2.33. The van der Waals surface area contributed by atoms with Gasteiger partial charge in [0.25, 0.3) is 5.91 Å². The van der Waals surface area contributed by atoms with Crippen LogP contribution in [0.1, 0.15) is 5.56 Å². The van der Waals surface area contributed by atoms with Gasteiger partial charge >= 0.3 is 0 Å². The SMILES string of the molecule is O=C1C(=Cc2ccc(I)cc2)SC(=S)N1CNc1cc(Cl)ccc1Cl. The summed E-state index contributed by atoms with van der Waals surface area (Å²) < 4.78 is 1.65. The van der Waals surface area contributed by atoms with E-state index in [1.54, 1.807) is 18.2 Å². The van der Waals surface area contributed by atoms with Crippen LogP contribution in [0.4, 0.5) is 5.69 Å². The number of thiocarbonyl (C=S) groups is 1. The van der Waals surface area contributed by atoms with E-state index in [1.165, 1.54) is 16.7 Å². The first-order valence-corrected chi connectivity index (χ1v) is 10.2. The number of anilines is 1. The van der Waals surface area contributed by atoms with Crippen LogP contribution in [0, 0.1) is 3.57 Å². The van der Waals surface area contributed by atoms with Gasteiger partial charge in [-0.05, 0) is 64.6 Å². The Kier molecular flexibility index (Phi) is 6.27. The van der Waals surface area contributed by atoms with Gasteiger partial charge in [-0.1, -0.05) is 59.3 Å². The van der Waals surface area contributed by atoms with E-state index in [-0.39, 0.29) is 12.6 Å². The Morgan fingerprint density at radius 2 is 1.92 bits per heavy atom. The molecule has 1 N–H and O–H groups in total. The van der Waals surface area contributed by atoms with E-state index in [9.17, 15) is 4.79 Å². The van der Waals surface area contributed by atoms with Gasteiger partial charge in [-0.2, -0.15) is 0 Å². The number of carbonyl (C=O) groups excluding carboxylic acids is 1. The summed E-state index contributed by atoms with van der Waals surface area (Å²) in [4.78, 5) is 14.7. The van der Waals surface area contributed by atoms with Gasteiger partial charge in [-0.3, -0.25) is 9.69 Å². The minimum atomic E-state index is -0.126. The molecule has 0 bridgehead atoms. The summed E-state index contributed by atoms with van der Waals surface area (Å²) in [6.07, 6.45) is 1.85. The monoisotopic (exact) mass is 520 g/mol. The van der Waals surface area contributed by atoms with Crippen LogP contribution in [0.25, 0.3) is 6.08 Å². The van der Waals surface area contributed by atoms with Crippen molar-refractivity contribution < 1.29 is 4.79 Å². The van der Waals surface area contributed by atoms with Crippen molar-refractivity contribution in [1.82, 2.24) is 4.90 Å². The van der Waals surface area contributed by atoms with Gasteiger partial charge in [-0.15, -0.1) is 0 Å². The molecule has 0 spiro atoms. The van der Waals surface area contributed by atoms with Crippen molar-refractivity contribution in [2.24, 2.45) is 0 Å². The van der Waals surface area contributed by atoms with Crippen molar-refractivity contribution >= 4 is 91.8 Å². The molecule has 1 saturated heterocycles. The normalized spacial score (nSPS) is 16.0. The molecule has 0 aliphatic carbocycles. The first kappa shape index (κ1) is 19.0. The Morgan fingerprint density at radius 3 is 2.64 bits per heavy atom. The molecule has 1 amide bonds. The molecular formula is C17H11Cl2IN2OS2. The van der Waals surface area contributed by atoms with Crippen LogP contribution in [0.15, 0.2) is 47.4 Å². The van der Waals surface area contributed by atoms with Crippen LogP contribution in [-0.4, -0.2) is 21.8 Å². The van der Waals surface area contributed by atoms with Gasteiger partial charge in [0.2, 0.25) is 0 Å². The molecule has 1 heterocycles. The summed E-state index contributed by atoms with van der Waals surface area (Å²) in [5.74, 6) is -0.126. The number of rotatable bonds is 4. The molecule has 3 rings (SSSR count). The number of nitrogens with one attached hydrogen (secondary N) is 1. The van der Waals surface area contributed by atoms with Crippen LogP contribution >= 0.6 is 69.8 Å². The maximum Gasteiger partial charge on any atom is 0.267 e. The van der Waals surface area contributed by atoms with Crippen molar-refractivity contribution in [3.8, 4) is 0 Å². The van der Waals surface area contributed by atoms with Crippen LogP contribution in [0.2, 0.25) is 10.0 Å². The zero-order valence-corrected chi connectivity index (χ0v) is 17.9. The van der Waals surface area contributed by atoms with Crippen molar-refractivity contribution in [2.45, 2.75) is 0 Å². The largest absolute Gasteiger partial charge is 0.366 e. The molecule has 8 heteroatoms. The number of nitrogens with zero attached hydrogens (tertiary/aromatic N) is 1. The van der Waals surface area contributed by atoms with Gasteiger partial charge in [0.1, 0.15) is 4.32 Å². The lowest BCUT2D eigenvalue weighted by Gasteiger charge is -2.17. The predicted octanol–water partition coefficient (Wildman–Crippen LogP) is 5.87. The zero-order valence-electron chi connectivity index (χ0n) is 12.6. The highest BCUT2D eigenvalue weighted by molar-refractivity contribution is 14.1. The topological polar surface area (TPSA) is 32.3 Å². The fraction of sp³-hybridized carbons (Fsp3) is 0.0588. The quantitative estimate of drug-likeness (QED) is 0.310. The summed E-state index contributed by atoms with van der Waals surface area (Å²) >= 11 is 21.0. The number of amides is 1. The molecule has 25 heavy (non-hydrogen) atoms. The minimum Gasteiger partial charge on any atom is -0.366 e. The summed E-state index contributed by atoms with van der Waals surface area (Å²) in [7, 11) is 0. The molecule has 0 unspecified atom stereocenters. The van der Waals surface area contributed by atoms with Crippen molar-refractivity contribution in [2.75, 3.05) is 12.0 Å². The Bertz CT molecular complexity index is 871. The predicted molar refractivity (Wildman–Crippen MR) is 119 cm³/mol. The number of halogens is 3. The highest BCUT2D eigenvalue weighted by atomic mass is 127. The number of thioether (sulfide) groups is 1. The molecule has 0 radical (unpaired) electrons. The number of benzene rings is 2. The molecule has 0 saturated carbocycles. The third-order valence-electron chi connectivity index (χ3n) is 3.40. The zero-order chi connectivity index (χ0) is 18.0. The van der Waals surface area contributed by atoms with Crippen LogP contribution in [-0.2, 0) is 4.79 Å². The third-order valence-corrected chi connectivity index (χ3v) is 6.06. The van der Waals surface area contributed by atoms with E-state index < -0.39 is 0 Å². The maximum atomic E-state index is 12.6. The fourth-order valence-corrected chi connectivity index (χ4v) is 4.12. The molecule has 2 aromatic carbocycles. The first-order valence-electron chi connectivity index (χ1n) is 7.14. The van der Waals surface area contributed by atoms with Gasteiger partial charge in [0.05, 0.1) is 22.3 Å². The molecule has 0 aromatic heterocycles. The molecule has 1 fully saturated rings. The van der Waals surface area contributed by atoms with E-state index in [0.29, 0.717) is 25.0 Å². The molecule has 1 aliphatic rings. The highest BCUT2D eigenvalue weighted by Gasteiger charge is 2.31. The number of hydrogen-bond donors (Lipinski definition) is 1. The van der Waals surface area contributed by atoms with Crippen molar-refractivity contribution in [3.63, 3.8) is 0 Å². The van der Waals surface area contributed by atoms with Crippen molar-refractivity contribution in [3.05, 3.63) is 66.5 Å². The van der Waals surface area contributed by atoms with E-state index in [0.717, 1.165) is 9.13 Å². The van der Waals surface area contributed by atoms with Crippen LogP contribution in [0.3, 0.4) is 0 Å². The molecule has 128 valence electrons. The maximum absolute atomic E-state index is 12.6. The Hall–Kier alpha value is -0.800. The second kappa shape index (κ2) is 8.26. The van der Waals surface area contributed by atoms with Gasteiger partial charge < -0.3 is 5.32 Å². The first-order chi connectivity index (χ1) is 11.9. The lowest BCUT2D eigenvalue weighted by molar-refractivity contribution is -0.121. The average molecular weight is 521 g/mol. The van der Waals surface area contributed by atoms with E-state index in [1.807, 2.05) is 30.3 Å². The van der Waals surface area contributed by atoms with E-state index >= 15 is 0 Å². The second-order valence-electron chi connectivity index (χ2n) is 5.12. The summed E-state index contributed by atoms with van der Waals surface area (Å²) in [6, 6.07) is 13.1. The summed E-state index contributed by atoms with van der Waals surface area (Å²) in [5, 5.41) is 4.21. The standard InChI is InChI=1S/C17H11Cl2IN2OS2/c18-11-3-6-13(19)14(8-11)21-9-22-16(23)15(25-17(22)24)7-10-1-4-12(20)5-2-10/h1-8,21H,9H2. The van der Waals surface area contributed by atoms with E-state index in [4.69, 9.17) is 35.4 Å². The van der Waals surface area contributed by atoms with Crippen LogP contribution < -0.4 is 5.32 Å². The fourth-order valence-electron chi connectivity index (χ4n) is 2.14. The molecular weight excluding hydrogens is 510 g/mol. The van der Waals surface area contributed by atoms with Gasteiger partial charge in [0.15, 0.2) is 0 Å². The van der Waals surface area contributed by atoms with Crippen LogP contribution in [0.5, 0.6) is 0 Å². The Balaban J connectivity index is 1.73. The van der Waals surface area contributed by atoms with Crippen molar-refractivity contribution in [1.29, 1.82) is 0 Å².